The first-order valence-electron chi connectivity index (χ1n) is 9.37. The van der Waals surface area contributed by atoms with Gasteiger partial charge in [-0.05, 0) is 35.1 Å². The number of carbonyl (C=O) groups is 1. The number of carbonyl (C=O) groups excluding carboxylic acids is 1. The molecule has 0 aliphatic carbocycles. The summed E-state index contributed by atoms with van der Waals surface area (Å²) in [6, 6.07) is 11.3. The lowest BCUT2D eigenvalue weighted by atomic mass is 9.79. The molecule has 28 heavy (non-hydrogen) atoms. The molecule has 0 radical (unpaired) electrons. The van der Waals surface area contributed by atoms with Crippen molar-refractivity contribution in [2.75, 3.05) is 18.2 Å². The number of nitrogens with one attached hydrogen (secondary N) is 1. The first-order chi connectivity index (χ1) is 12.9. The Hall–Kier alpha value is -2.14. The average molecular weight is 402 g/mol. The Morgan fingerprint density at radius 3 is 2.07 bits per heavy atom. The summed E-state index contributed by atoms with van der Waals surface area (Å²) in [4.78, 5) is 13.4. The van der Waals surface area contributed by atoms with E-state index in [9.17, 15) is 9.90 Å². The van der Waals surface area contributed by atoms with Gasteiger partial charge in [0.2, 0.25) is 5.91 Å². The van der Waals surface area contributed by atoms with Gasteiger partial charge in [-0.1, -0.05) is 53.7 Å². The van der Waals surface area contributed by atoms with Crippen LogP contribution in [0.25, 0.3) is 0 Å². The average Bonchev–Trinajstić information content (AvgIpc) is 2.59. The van der Waals surface area contributed by atoms with E-state index >= 15 is 0 Å². The van der Waals surface area contributed by atoms with Crippen LogP contribution in [-0.2, 0) is 15.6 Å². The molecular weight excluding hydrogens is 370 g/mol. The van der Waals surface area contributed by atoms with Gasteiger partial charge in [-0.2, -0.15) is 0 Å². The van der Waals surface area contributed by atoms with E-state index in [1.165, 1.54) is 11.8 Å². The summed E-state index contributed by atoms with van der Waals surface area (Å²) in [5, 5.41) is 13.7. The number of hydrogen-bond acceptors (Lipinski definition) is 4. The standard InChI is InChI=1S/C23H31NO3S/c1-22(2,3)16-12-15(13-17(21(16)26)23(4,5)6)28-14-20(25)24-18-10-8-9-11-19(18)27-7/h8-13,26H,14H2,1-7H3,(H,24,25). The second-order valence-electron chi connectivity index (χ2n) is 8.90. The summed E-state index contributed by atoms with van der Waals surface area (Å²) in [5.41, 5.74) is 2.06. The molecule has 0 saturated carbocycles. The summed E-state index contributed by atoms with van der Waals surface area (Å²) in [6.45, 7) is 12.5. The highest BCUT2D eigenvalue weighted by Gasteiger charge is 2.26. The van der Waals surface area contributed by atoms with Gasteiger partial charge in [-0.3, -0.25) is 4.79 Å². The Kier molecular flexibility index (Phi) is 6.71. The Morgan fingerprint density at radius 2 is 1.57 bits per heavy atom. The molecule has 0 aromatic heterocycles. The fraction of sp³-hybridized carbons (Fsp3) is 0.435. The number of benzene rings is 2. The SMILES string of the molecule is COc1ccccc1NC(=O)CSc1cc(C(C)(C)C)c(O)c(C(C)(C)C)c1. The minimum absolute atomic E-state index is 0.0998. The van der Waals surface area contributed by atoms with Gasteiger partial charge < -0.3 is 15.2 Å². The second-order valence-corrected chi connectivity index (χ2v) is 9.95. The van der Waals surface area contributed by atoms with Crippen molar-refractivity contribution in [1.29, 1.82) is 0 Å². The van der Waals surface area contributed by atoms with Crippen molar-refractivity contribution in [1.82, 2.24) is 0 Å². The molecule has 5 heteroatoms. The summed E-state index contributed by atoms with van der Waals surface area (Å²) < 4.78 is 5.28. The maximum atomic E-state index is 12.4. The van der Waals surface area contributed by atoms with E-state index in [1.807, 2.05) is 36.4 Å². The van der Waals surface area contributed by atoms with Gasteiger partial charge in [0.25, 0.3) is 0 Å². The number of aromatic hydroxyl groups is 1. The third kappa shape index (κ3) is 5.44. The van der Waals surface area contributed by atoms with Crippen LogP contribution in [0.3, 0.4) is 0 Å². The molecule has 152 valence electrons. The highest BCUT2D eigenvalue weighted by Crippen LogP contribution is 2.41. The fourth-order valence-corrected chi connectivity index (χ4v) is 3.69. The van der Waals surface area contributed by atoms with E-state index in [1.54, 1.807) is 7.11 Å². The smallest absolute Gasteiger partial charge is 0.234 e. The first kappa shape index (κ1) is 22.2. The lowest BCUT2D eigenvalue weighted by Crippen LogP contribution is -2.18. The largest absolute Gasteiger partial charge is 0.507 e. The lowest BCUT2D eigenvalue weighted by molar-refractivity contribution is -0.113. The number of methoxy groups -OCH3 is 1. The van der Waals surface area contributed by atoms with Crippen molar-refractivity contribution in [2.45, 2.75) is 57.3 Å². The molecule has 0 spiro atoms. The van der Waals surface area contributed by atoms with Crippen LogP contribution in [0.1, 0.15) is 52.7 Å². The maximum absolute atomic E-state index is 12.4. The molecule has 0 heterocycles. The van der Waals surface area contributed by atoms with Crippen LogP contribution in [0.2, 0.25) is 0 Å². The summed E-state index contributed by atoms with van der Waals surface area (Å²) in [7, 11) is 1.58. The molecule has 4 nitrogen and oxygen atoms in total. The number of phenols is 1. The topological polar surface area (TPSA) is 58.6 Å². The van der Waals surface area contributed by atoms with Gasteiger partial charge in [-0.15, -0.1) is 11.8 Å². The van der Waals surface area contributed by atoms with Crippen LogP contribution in [0, 0.1) is 0 Å². The Labute approximate surface area is 172 Å². The van der Waals surface area contributed by atoms with Crippen molar-refractivity contribution in [2.24, 2.45) is 0 Å². The number of ether oxygens (including phenoxy) is 1. The van der Waals surface area contributed by atoms with Crippen molar-refractivity contribution >= 4 is 23.4 Å². The number of phenolic OH excluding ortho intramolecular Hbond substituents is 1. The second kappa shape index (κ2) is 8.48. The van der Waals surface area contributed by atoms with Crippen LogP contribution < -0.4 is 10.1 Å². The molecule has 0 aliphatic rings. The number of hydrogen-bond donors (Lipinski definition) is 2. The van der Waals surface area contributed by atoms with E-state index in [2.05, 4.69) is 46.9 Å². The Bertz CT molecular complexity index is 813. The van der Waals surface area contributed by atoms with Crippen LogP contribution in [0.15, 0.2) is 41.3 Å². The third-order valence-corrected chi connectivity index (χ3v) is 5.43. The van der Waals surface area contributed by atoms with Crippen LogP contribution in [-0.4, -0.2) is 23.9 Å². The van der Waals surface area contributed by atoms with E-state index in [0.717, 1.165) is 16.0 Å². The van der Waals surface area contributed by atoms with Crippen LogP contribution >= 0.6 is 11.8 Å². The van der Waals surface area contributed by atoms with Gasteiger partial charge >= 0.3 is 0 Å². The third-order valence-electron chi connectivity index (χ3n) is 4.45. The quantitative estimate of drug-likeness (QED) is 0.629. The molecule has 0 bridgehead atoms. The van der Waals surface area contributed by atoms with Gasteiger partial charge in [0.1, 0.15) is 11.5 Å². The van der Waals surface area contributed by atoms with E-state index in [4.69, 9.17) is 4.74 Å². The Balaban J connectivity index is 2.23. The molecule has 2 rings (SSSR count). The van der Waals surface area contributed by atoms with Gasteiger partial charge in [-0.25, -0.2) is 0 Å². The minimum Gasteiger partial charge on any atom is -0.507 e. The zero-order valence-corrected chi connectivity index (χ0v) is 18.7. The van der Waals surface area contributed by atoms with Crippen molar-refractivity contribution in [3.05, 3.63) is 47.5 Å². The van der Waals surface area contributed by atoms with Gasteiger partial charge in [0.05, 0.1) is 18.6 Å². The lowest BCUT2D eigenvalue weighted by Gasteiger charge is -2.28. The number of amides is 1. The van der Waals surface area contributed by atoms with Crippen LogP contribution in [0.5, 0.6) is 11.5 Å². The minimum atomic E-state index is -0.194. The predicted molar refractivity (Wildman–Crippen MR) is 118 cm³/mol. The number of thioether (sulfide) groups is 1. The monoisotopic (exact) mass is 401 g/mol. The van der Waals surface area contributed by atoms with E-state index in [-0.39, 0.29) is 22.5 Å². The number of rotatable bonds is 5. The Morgan fingerprint density at radius 1 is 1.04 bits per heavy atom. The molecule has 0 saturated heterocycles. The summed E-state index contributed by atoms with van der Waals surface area (Å²) in [6.07, 6.45) is 0. The van der Waals surface area contributed by atoms with E-state index in [0.29, 0.717) is 17.2 Å². The maximum Gasteiger partial charge on any atom is 0.234 e. The zero-order chi connectivity index (χ0) is 21.1. The predicted octanol–water partition coefficient (Wildman–Crippen LogP) is 5.73. The molecule has 0 unspecified atom stereocenters. The highest BCUT2D eigenvalue weighted by atomic mass is 32.2. The highest BCUT2D eigenvalue weighted by molar-refractivity contribution is 8.00. The first-order valence-corrected chi connectivity index (χ1v) is 10.4. The summed E-state index contributed by atoms with van der Waals surface area (Å²) in [5.74, 6) is 1.16. The molecule has 0 aliphatic heterocycles. The molecule has 0 atom stereocenters. The molecule has 2 aromatic carbocycles. The molecular formula is C23H31NO3S. The van der Waals surface area contributed by atoms with Crippen molar-refractivity contribution in [3.63, 3.8) is 0 Å². The van der Waals surface area contributed by atoms with E-state index < -0.39 is 0 Å². The molecule has 2 N–H and O–H groups in total. The van der Waals surface area contributed by atoms with Gasteiger partial charge in [0.15, 0.2) is 0 Å². The van der Waals surface area contributed by atoms with Crippen LogP contribution in [0.4, 0.5) is 5.69 Å². The zero-order valence-electron chi connectivity index (χ0n) is 17.8. The molecule has 2 aromatic rings. The summed E-state index contributed by atoms with van der Waals surface area (Å²) >= 11 is 1.47. The molecule has 0 fully saturated rings. The van der Waals surface area contributed by atoms with Crippen molar-refractivity contribution < 1.29 is 14.6 Å². The fourth-order valence-electron chi connectivity index (χ4n) is 2.92. The number of para-hydroxylation sites is 2. The van der Waals surface area contributed by atoms with Gasteiger partial charge in [0, 0.05) is 16.0 Å². The van der Waals surface area contributed by atoms with Crippen molar-refractivity contribution in [3.8, 4) is 11.5 Å². The molecule has 1 amide bonds. The number of anilines is 1. The normalized spacial score (nSPS) is 12.0.